The van der Waals surface area contributed by atoms with E-state index in [1.807, 2.05) is 0 Å². The molecule has 0 aromatic heterocycles. The molecule has 0 aliphatic carbocycles. The van der Waals surface area contributed by atoms with Crippen molar-refractivity contribution in [3.05, 3.63) is 29.6 Å². The van der Waals surface area contributed by atoms with Gasteiger partial charge in [0.15, 0.2) is 0 Å². The van der Waals surface area contributed by atoms with Crippen LogP contribution in [0, 0.1) is 5.82 Å². The molecule has 2 nitrogen and oxygen atoms in total. The lowest BCUT2D eigenvalue weighted by molar-refractivity contribution is -0.137. The molecule has 108 valence electrons. The molecule has 0 heterocycles. The highest BCUT2D eigenvalue weighted by molar-refractivity contribution is 5.46. The molecule has 0 bridgehead atoms. The van der Waals surface area contributed by atoms with Gasteiger partial charge >= 0.3 is 6.18 Å². The number of hydrogen-bond acceptors (Lipinski definition) is 2. The lowest BCUT2D eigenvalue weighted by atomic mass is 10.1. The molecule has 0 amide bonds. The van der Waals surface area contributed by atoms with E-state index in [0.29, 0.717) is 12.6 Å². The number of anilines is 1. The Morgan fingerprint density at radius 1 is 1.05 bits per heavy atom. The number of benzene rings is 1. The first-order valence-electron chi connectivity index (χ1n) is 6.16. The first-order valence-corrected chi connectivity index (χ1v) is 6.16. The molecule has 0 radical (unpaired) electrons. The van der Waals surface area contributed by atoms with Gasteiger partial charge in [0.2, 0.25) is 0 Å². The number of halogens is 4. The van der Waals surface area contributed by atoms with Crippen molar-refractivity contribution in [2.75, 3.05) is 18.5 Å². The standard InChI is InChI=1S/C13H17F4NO/c14-11-9-10(13(15,16)17)5-6-12(11)18-7-3-1-2-4-8-19/h5-6,9,18-19H,1-4,7-8H2. The number of aliphatic hydroxyl groups is 1. The lowest BCUT2D eigenvalue weighted by Gasteiger charge is -2.10. The van der Waals surface area contributed by atoms with Crippen LogP contribution in [0.15, 0.2) is 18.2 Å². The number of unbranched alkanes of at least 4 members (excludes halogenated alkanes) is 3. The fraction of sp³-hybridized carbons (Fsp3) is 0.538. The van der Waals surface area contributed by atoms with Gasteiger partial charge in [-0.2, -0.15) is 13.2 Å². The summed E-state index contributed by atoms with van der Waals surface area (Å²) in [5, 5.41) is 11.3. The molecular formula is C13H17F4NO. The van der Waals surface area contributed by atoms with Crippen molar-refractivity contribution >= 4 is 5.69 Å². The van der Waals surface area contributed by atoms with E-state index in [1.54, 1.807) is 0 Å². The minimum atomic E-state index is -4.52. The summed E-state index contributed by atoms with van der Waals surface area (Å²) in [6, 6.07) is 2.46. The van der Waals surface area contributed by atoms with Crippen LogP contribution in [-0.4, -0.2) is 18.3 Å². The van der Waals surface area contributed by atoms with Crippen molar-refractivity contribution < 1.29 is 22.7 Å². The Morgan fingerprint density at radius 3 is 2.32 bits per heavy atom. The Morgan fingerprint density at radius 2 is 1.74 bits per heavy atom. The smallest absolute Gasteiger partial charge is 0.396 e. The molecule has 2 N–H and O–H groups in total. The van der Waals surface area contributed by atoms with E-state index in [-0.39, 0.29) is 12.3 Å². The fourth-order valence-electron chi connectivity index (χ4n) is 1.65. The zero-order chi connectivity index (χ0) is 14.3. The van der Waals surface area contributed by atoms with Crippen LogP contribution in [0.4, 0.5) is 23.2 Å². The molecule has 0 atom stereocenters. The zero-order valence-electron chi connectivity index (χ0n) is 10.4. The van der Waals surface area contributed by atoms with Crippen LogP contribution < -0.4 is 5.32 Å². The fourth-order valence-corrected chi connectivity index (χ4v) is 1.65. The second kappa shape index (κ2) is 7.33. The molecule has 0 aliphatic rings. The van der Waals surface area contributed by atoms with Crippen LogP contribution in [0.25, 0.3) is 0 Å². The van der Waals surface area contributed by atoms with Gasteiger partial charge in [-0.15, -0.1) is 0 Å². The number of nitrogens with one attached hydrogen (secondary N) is 1. The average molecular weight is 279 g/mol. The SMILES string of the molecule is OCCCCCCNc1ccc(C(F)(F)F)cc1F. The second-order valence-corrected chi connectivity index (χ2v) is 4.26. The summed E-state index contributed by atoms with van der Waals surface area (Å²) in [6.45, 7) is 0.647. The maximum absolute atomic E-state index is 13.4. The molecule has 1 rings (SSSR count). The van der Waals surface area contributed by atoms with Gasteiger partial charge in [-0.3, -0.25) is 0 Å². The maximum atomic E-state index is 13.4. The summed E-state index contributed by atoms with van der Waals surface area (Å²) in [5.41, 5.74) is -0.909. The number of rotatable bonds is 7. The normalized spacial score (nSPS) is 11.6. The van der Waals surface area contributed by atoms with Gasteiger partial charge in [-0.05, 0) is 31.0 Å². The molecule has 6 heteroatoms. The van der Waals surface area contributed by atoms with E-state index < -0.39 is 17.6 Å². The average Bonchev–Trinajstić information content (AvgIpc) is 2.34. The van der Waals surface area contributed by atoms with Crippen molar-refractivity contribution in [2.24, 2.45) is 0 Å². The second-order valence-electron chi connectivity index (χ2n) is 4.26. The monoisotopic (exact) mass is 279 g/mol. The molecular weight excluding hydrogens is 262 g/mol. The minimum absolute atomic E-state index is 0.0789. The predicted octanol–water partition coefficient (Wildman–Crippen LogP) is 3.81. The molecule has 0 spiro atoms. The van der Waals surface area contributed by atoms with E-state index in [9.17, 15) is 17.6 Å². The third kappa shape index (κ3) is 5.46. The Labute approximate surface area is 109 Å². The zero-order valence-corrected chi connectivity index (χ0v) is 10.4. The van der Waals surface area contributed by atoms with Gasteiger partial charge in [0, 0.05) is 13.2 Å². The van der Waals surface area contributed by atoms with E-state index in [4.69, 9.17) is 5.11 Å². The Bertz CT molecular complexity index is 393. The quantitative estimate of drug-likeness (QED) is 0.587. The van der Waals surface area contributed by atoms with Gasteiger partial charge in [-0.1, -0.05) is 12.8 Å². The van der Waals surface area contributed by atoms with Crippen molar-refractivity contribution in [2.45, 2.75) is 31.9 Å². The van der Waals surface area contributed by atoms with E-state index in [2.05, 4.69) is 5.32 Å². The van der Waals surface area contributed by atoms with Crippen LogP contribution in [0.1, 0.15) is 31.2 Å². The molecule has 0 saturated carbocycles. The Balaban J connectivity index is 2.43. The predicted molar refractivity (Wildman–Crippen MR) is 65.4 cm³/mol. The minimum Gasteiger partial charge on any atom is -0.396 e. The van der Waals surface area contributed by atoms with Gasteiger partial charge in [0.25, 0.3) is 0 Å². The van der Waals surface area contributed by atoms with Crippen LogP contribution >= 0.6 is 0 Å². The van der Waals surface area contributed by atoms with Gasteiger partial charge in [0.1, 0.15) is 5.82 Å². The summed E-state index contributed by atoms with van der Waals surface area (Å²) in [6.07, 6.45) is -1.25. The van der Waals surface area contributed by atoms with Gasteiger partial charge < -0.3 is 10.4 Å². The molecule has 0 aliphatic heterocycles. The molecule has 19 heavy (non-hydrogen) atoms. The summed E-state index contributed by atoms with van der Waals surface area (Å²) < 4.78 is 50.4. The lowest BCUT2D eigenvalue weighted by Crippen LogP contribution is -2.08. The van der Waals surface area contributed by atoms with Crippen molar-refractivity contribution in [1.82, 2.24) is 0 Å². The Hall–Kier alpha value is -1.30. The van der Waals surface area contributed by atoms with E-state index in [1.165, 1.54) is 0 Å². The van der Waals surface area contributed by atoms with Crippen LogP contribution in [0.5, 0.6) is 0 Å². The topological polar surface area (TPSA) is 32.3 Å². The highest BCUT2D eigenvalue weighted by Crippen LogP contribution is 2.31. The molecule has 1 aromatic rings. The largest absolute Gasteiger partial charge is 0.416 e. The van der Waals surface area contributed by atoms with Crippen molar-refractivity contribution in [1.29, 1.82) is 0 Å². The van der Waals surface area contributed by atoms with Gasteiger partial charge in [0.05, 0.1) is 11.3 Å². The van der Waals surface area contributed by atoms with Crippen LogP contribution in [0.3, 0.4) is 0 Å². The number of hydrogen-bond donors (Lipinski definition) is 2. The highest BCUT2D eigenvalue weighted by atomic mass is 19.4. The highest BCUT2D eigenvalue weighted by Gasteiger charge is 2.31. The van der Waals surface area contributed by atoms with E-state index >= 15 is 0 Å². The molecule has 1 aromatic carbocycles. The number of aliphatic hydroxyl groups excluding tert-OH is 1. The Kier molecular flexibility index (Phi) is 6.08. The summed E-state index contributed by atoms with van der Waals surface area (Å²) >= 11 is 0. The summed E-state index contributed by atoms with van der Waals surface area (Å²) in [7, 11) is 0. The maximum Gasteiger partial charge on any atom is 0.416 e. The third-order valence-electron chi connectivity index (χ3n) is 2.70. The first kappa shape index (κ1) is 15.8. The van der Waals surface area contributed by atoms with Crippen molar-refractivity contribution in [3.63, 3.8) is 0 Å². The van der Waals surface area contributed by atoms with E-state index in [0.717, 1.165) is 37.8 Å². The third-order valence-corrected chi connectivity index (χ3v) is 2.70. The molecule has 0 unspecified atom stereocenters. The summed E-state index contributed by atoms with van der Waals surface area (Å²) in [4.78, 5) is 0. The van der Waals surface area contributed by atoms with Crippen LogP contribution in [0.2, 0.25) is 0 Å². The molecule has 0 fully saturated rings. The van der Waals surface area contributed by atoms with Crippen LogP contribution in [-0.2, 0) is 6.18 Å². The first-order chi connectivity index (χ1) is 8.95. The van der Waals surface area contributed by atoms with Gasteiger partial charge in [-0.25, -0.2) is 4.39 Å². The number of alkyl halides is 3. The molecule has 0 saturated heterocycles. The van der Waals surface area contributed by atoms with Crippen molar-refractivity contribution in [3.8, 4) is 0 Å². The summed E-state index contributed by atoms with van der Waals surface area (Å²) in [5.74, 6) is -0.898.